The number of nitrogens with one attached hydrogen (secondary N) is 1. The zero-order chi connectivity index (χ0) is 16.1. The minimum absolute atomic E-state index is 0.0490. The molecule has 0 aliphatic carbocycles. The Kier molecular flexibility index (Phi) is 4.63. The first-order valence-corrected chi connectivity index (χ1v) is 6.53. The van der Waals surface area contributed by atoms with Crippen molar-refractivity contribution in [3.8, 4) is 17.2 Å². The maximum atomic E-state index is 12.1. The average Bonchev–Trinajstić information content (AvgIpc) is 2.52. The molecule has 0 saturated heterocycles. The molecule has 0 radical (unpaired) electrons. The normalized spacial score (nSPS) is 11.1. The molecular weight excluding hydrogens is 284 g/mol. The van der Waals surface area contributed by atoms with Gasteiger partial charge in [-0.15, -0.1) is 0 Å². The van der Waals surface area contributed by atoms with E-state index < -0.39 is 5.91 Å². The Labute approximate surface area is 127 Å². The molecule has 0 aromatic heterocycles. The van der Waals surface area contributed by atoms with Crippen LogP contribution in [0.15, 0.2) is 47.6 Å². The van der Waals surface area contributed by atoms with Crippen LogP contribution in [0.5, 0.6) is 17.2 Å². The summed E-state index contributed by atoms with van der Waals surface area (Å²) in [6, 6.07) is 10.9. The quantitative estimate of drug-likeness (QED) is 0.596. The van der Waals surface area contributed by atoms with Gasteiger partial charge in [0.25, 0.3) is 5.91 Å². The van der Waals surface area contributed by atoms with Crippen molar-refractivity contribution in [2.24, 2.45) is 5.10 Å². The van der Waals surface area contributed by atoms with Gasteiger partial charge in [0.1, 0.15) is 17.2 Å². The summed E-state index contributed by atoms with van der Waals surface area (Å²) in [4.78, 5) is 12.1. The molecular formula is C16H16N2O4. The second-order valence-electron chi connectivity index (χ2n) is 4.54. The largest absolute Gasteiger partial charge is 0.508 e. The number of carbonyl (C=O) groups is 1. The van der Waals surface area contributed by atoms with Gasteiger partial charge >= 0.3 is 0 Å². The van der Waals surface area contributed by atoms with Crippen LogP contribution in [0.25, 0.3) is 0 Å². The highest BCUT2D eigenvalue weighted by atomic mass is 16.5. The molecule has 6 nitrogen and oxygen atoms in total. The SMILES string of the molecule is COc1ccccc1C(=O)NN=C(C)c1ccc(O)cc1O. The lowest BCUT2D eigenvalue weighted by atomic mass is 10.1. The van der Waals surface area contributed by atoms with Gasteiger partial charge in [0.2, 0.25) is 0 Å². The molecule has 22 heavy (non-hydrogen) atoms. The number of amides is 1. The lowest BCUT2D eigenvalue weighted by Crippen LogP contribution is -2.20. The van der Waals surface area contributed by atoms with E-state index in [0.29, 0.717) is 22.6 Å². The highest BCUT2D eigenvalue weighted by molar-refractivity contribution is 6.03. The van der Waals surface area contributed by atoms with E-state index in [-0.39, 0.29) is 11.5 Å². The van der Waals surface area contributed by atoms with Gasteiger partial charge in [0.15, 0.2) is 0 Å². The second-order valence-corrected chi connectivity index (χ2v) is 4.54. The number of aromatic hydroxyl groups is 2. The Balaban J connectivity index is 2.18. The molecule has 114 valence electrons. The van der Waals surface area contributed by atoms with Crippen molar-refractivity contribution in [3.63, 3.8) is 0 Å². The van der Waals surface area contributed by atoms with E-state index in [4.69, 9.17) is 4.74 Å². The highest BCUT2D eigenvalue weighted by Crippen LogP contribution is 2.23. The minimum atomic E-state index is -0.421. The van der Waals surface area contributed by atoms with Crippen molar-refractivity contribution in [2.75, 3.05) is 7.11 Å². The number of para-hydroxylation sites is 1. The number of carbonyl (C=O) groups excluding carboxylic acids is 1. The van der Waals surface area contributed by atoms with Crippen LogP contribution in [-0.2, 0) is 0 Å². The highest BCUT2D eigenvalue weighted by Gasteiger charge is 2.11. The lowest BCUT2D eigenvalue weighted by Gasteiger charge is -2.08. The Morgan fingerprint density at radius 2 is 1.86 bits per heavy atom. The Morgan fingerprint density at radius 1 is 1.14 bits per heavy atom. The molecule has 0 unspecified atom stereocenters. The molecule has 2 aromatic rings. The molecule has 2 rings (SSSR count). The number of hydrogen-bond donors (Lipinski definition) is 3. The maximum absolute atomic E-state index is 12.1. The maximum Gasteiger partial charge on any atom is 0.275 e. The fourth-order valence-corrected chi connectivity index (χ4v) is 1.91. The molecule has 0 heterocycles. The van der Waals surface area contributed by atoms with Gasteiger partial charge in [-0.25, -0.2) is 5.43 Å². The number of benzene rings is 2. The topological polar surface area (TPSA) is 91.2 Å². The molecule has 0 saturated carbocycles. The average molecular weight is 300 g/mol. The van der Waals surface area contributed by atoms with E-state index in [0.717, 1.165) is 0 Å². The van der Waals surface area contributed by atoms with Crippen molar-refractivity contribution in [3.05, 3.63) is 53.6 Å². The number of phenols is 2. The van der Waals surface area contributed by atoms with Gasteiger partial charge < -0.3 is 14.9 Å². The second kappa shape index (κ2) is 6.62. The first-order chi connectivity index (χ1) is 10.5. The van der Waals surface area contributed by atoms with Crippen molar-refractivity contribution in [1.82, 2.24) is 5.43 Å². The molecule has 0 aliphatic heterocycles. The van der Waals surface area contributed by atoms with Crippen LogP contribution in [0.2, 0.25) is 0 Å². The fraction of sp³-hybridized carbons (Fsp3) is 0.125. The Morgan fingerprint density at radius 3 is 2.55 bits per heavy atom. The number of phenolic OH excluding ortho intramolecular Hbond substituents is 2. The summed E-state index contributed by atoms with van der Waals surface area (Å²) < 4.78 is 5.11. The summed E-state index contributed by atoms with van der Waals surface area (Å²) in [5, 5.41) is 23.0. The summed E-state index contributed by atoms with van der Waals surface area (Å²) in [5.41, 5.74) is 3.59. The van der Waals surface area contributed by atoms with E-state index in [1.807, 2.05) is 0 Å². The first kappa shape index (κ1) is 15.4. The van der Waals surface area contributed by atoms with Crippen LogP contribution in [0.4, 0.5) is 0 Å². The van der Waals surface area contributed by atoms with Crippen LogP contribution in [0.3, 0.4) is 0 Å². The molecule has 3 N–H and O–H groups in total. The van der Waals surface area contributed by atoms with Gasteiger partial charge in [0, 0.05) is 11.6 Å². The molecule has 6 heteroatoms. The summed E-state index contributed by atoms with van der Waals surface area (Å²) in [6.07, 6.45) is 0. The van der Waals surface area contributed by atoms with Gasteiger partial charge in [-0.3, -0.25) is 4.79 Å². The smallest absolute Gasteiger partial charge is 0.275 e. The van der Waals surface area contributed by atoms with Gasteiger partial charge in [-0.05, 0) is 31.2 Å². The predicted molar refractivity (Wildman–Crippen MR) is 82.4 cm³/mol. The van der Waals surface area contributed by atoms with E-state index in [9.17, 15) is 15.0 Å². The van der Waals surface area contributed by atoms with Crippen molar-refractivity contribution in [1.29, 1.82) is 0 Å². The first-order valence-electron chi connectivity index (χ1n) is 6.53. The van der Waals surface area contributed by atoms with Gasteiger partial charge in [-0.1, -0.05) is 12.1 Å². The summed E-state index contributed by atoms with van der Waals surface area (Å²) in [5.74, 6) is -0.143. The zero-order valence-corrected chi connectivity index (χ0v) is 12.2. The summed E-state index contributed by atoms with van der Waals surface area (Å²) in [7, 11) is 1.48. The number of ether oxygens (including phenoxy) is 1. The number of nitrogens with zero attached hydrogens (tertiary/aromatic N) is 1. The molecule has 0 atom stereocenters. The zero-order valence-electron chi connectivity index (χ0n) is 12.2. The van der Waals surface area contributed by atoms with Gasteiger partial charge in [0.05, 0.1) is 18.4 Å². The van der Waals surface area contributed by atoms with Crippen LogP contribution < -0.4 is 10.2 Å². The van der Waals surface area contributed by atoms with E-state index in [2.05, 4.69) is 10.5 Å². The Hall–Kier alpha value is -3.02. The van der Waals surface area contributed by atoms with E-state index in [1.165, 1.54) is 25.3 Å². The monoisotopic (exact) mass is 300 g/mol. The predicted octanol–water partition coefficient (Wildman–Crippen LogP) is 2.26. The molecule has 0 fully saturated rings. The van der Waals surface area contributed by atoms with E-state index in [1.54, 1.807) is 31.2 Å². The van der Waals surface area contributed by atoms with Crippen molar-refractivity contribution >= 4 is 11.6 Å². The number of methoxy groups -OCH3 is 1. The molecule has 0 bridgehead atoms. The van der Waals surface area contributed by atoms with Crippen LogP contribution in [-0.4, -0.2) is 28.9 Å². The fourth-order valence-electron chi connectivity index (χ4n) is 1.91. The van der Waals surface area contributed by atoms with Crippen molar-refractivity contribution < 1.29 is 19.7 Å². The third-order valence-electron chi connectivity index (χ3n) is 3.05. The number of rotatable bonds is 4. The van der Waals surface area contributed by atoms with Crippen LogP contribution >= 0.6 is 0 Å². The van der Waals surface area contributed by atoms with E-state index >= 15 is 0 Å². The van der Waals surface area contributed by atoms with Crippen LogP contribution in [0, 0.1) is 0 Å². The third kappa shape index (κ3) is 3.35. The molecule has 2 aromatic carbocycles. The third-order valence-corrected chi connectivity index (χ3v) is 3.05. The lowest BCUT2D eigenvalue weighted by molar-refractivity contribution is 0.0951. The molecule has 0 spiro atoms. The summed E-state index contributed by atoms with van der Waals surface area (Å²) >= 11 is 0. The number of hydrazone groups is 1. The summed E-state index contributed by atoms with van der Waals surface area (Å²) in [6.45, 7) is 1.63. The van der Waals surface area contributed by atoms with Crippen molar-refractivity contribution in [2.45, 2.75) is 6.92 Å². The Bertz CT molecular complexity index is 726. The minimum Gasteiger partial charge on any atom is -0.508 e. The van der Waals surface area contributed by atoms with Crippen LogP contribution in [0.1, 0.15) is 22.8 Å². The standard InChI is InChI=1S/C16H16N2O4/c1-10(12-8-7-11(19)9-14(12)20)17-18-16(21)13-5-3-4-6-15(13)22-2/h3-9,19-20H,1-2H3,(H,18,21). The molecule has 0 aliphatic rings. The van der Waals surface area contributed by atoms with Gasteiger partial charge in [-0.2, -0.15) is 5.10 Å². The molecule has 1 amide bonds. The number of hydrogen-bond acceptors (Lipinski definition) is 5.